The van der Waals surface area contributed by atoms with Crippen LogP contribution in [0, 0.1) is 0 Å². The molecule has 0 saturated carbocycles. The number of nitrogens with one attached hydrogen (secondary N) is 2. The summed E-state index contributed by atoms with van der Waals surface area (Å²) < 4.78 is 1.63. The number of rotatable bonds is 1. The minimum absolute atomic E-state index is 0.0752. The second-order valence-corrected chi connectivity index (χ2v) is 4.68. The van der Waals surface area contributed by atoms with E-state index in [0.29, 0.717) is 0 Å². The molecule has 0 aromatic carbocycles. The smallest absolute Gasteiger partial charge is 0.315 e. The van der Waals surface area contributed by atoms with Gasteiger partial charge in [-0.1, -0.05) is 0 Å². The third-order valence-electron chi connectivity index (χ3n) is 2.15. The number of thioether (sulfide) groups is 1. The fraction of sp³-hybridized carbons (Fsp3) is 0.833. The Kier molecular flexibility index (Phi) is 2.10. The lowest BCUT2D eigenvalue weighted by Crippen LogP contribution is -2.41. The van der Waals surface area contributed by atoms with Crippen molar-refractivity contribution in [3.63, 3.8) is 0 Å². The van der Waals surface area contributed by atoms with Crippen molar-refractivity contribution in [3.05, 3.63) is 0 Å². The van der Waals surface area contributed by atoms with Gasteiger partial charge in [-0.15, -0.1) is 11.8 Å². The van der Waals surface area contributed by atoms with Gasteiger partial charge in [-0.3, -0.25) is 0 Å². The van der Waals surface area contributed by atoms with Crippen LogP contribution in [-0.2, 0) is 0 Å². The largest absolute Gasteiger partial charge is 0.332 e. The summed E-state index contributed by atoms with van der Waals surface area (Å²) in [6, 6.07) is 0.326. The maximum absolute atomic E-state index is 10.9. The molecule has 3 atom stereocenters. The summed E-state index contributed by atoms with van der Waals surface area (Å²) in [5.74, 6) is 0.936. The number of carbonyl (C=O) groups excluding carboxylic acids is 1. The van der Waals surface area contributed by atoms with Crippen LogP contribution in [-0.4, -0.2) is 40.7 Å². The van der Waals surface area contributed by atoms with Gasteiger partial charge in [-0.2, -0.15) is 0 Å². The van der Waals surface area contributed by atoms with Gasteiger partial charge in [-0.05, 0) is 11.8 Å². The highest BCUT2D eigenvalue weighted by Crippen LogP contribution is 2.32. The monoisotopic (exact) mass is 207 g/mol. The van der Waals surface area contributed by atoms with E-state index in [-0.39, 0.29) is 23.5 Å². The number of amides is 2. The summed E-state index contributed by atoms with van der Waals surface area (Å²) in [5, 5.41) is 5.89. The van der Waals surface area contributed by atoms with Crippen molar-refractivity contribution >= 4 is 29.6 Å². The van der Waals surface area contributed by atoms with Crippen LogP contribution in [0.4, 0.5) is 4.79 Å². The normalized spacial score (nSPS) is 39.6. The van der Waals surface area contributed by atoms with Crippen molar-refractivity contribution in [3.8, 4) is 0 Å². The molecule has 3 unspecified atom stereocenters. The number of carbonyl (C=O) groups is 1. The van der Waals surface area contributed by atoms with Crippen LogP contribution < -0.4 is 10.6 Å². The first kappa shape index (κ1) is 8.47. The Hall–Kier alpha value is -0.130. The van der Waals surface area contributed by atoms with Crippen molar-refractivity contribution in [2.24, 2.45) is 0 Å². The Labute approximate surface area is 80.1 Å². The highest BCUT2D eigenvalue weighted by Gasteiger charge is 2.44. The molecular formula is C6H10ClN3OS. The van der Waals surface area contributed by atoms with E-state index in [9.17, 15) is 4.79 Å². The van der Waals surface area contributed by atoms with Gasteiger partial charge in [0.1, 0.15) is 0 Å². The minimum atomic E-state index is -0.0752. The Balaban J connectivity index is 2.08. The van der Waals surface area contributed by atoms with Crippen LogP contribution >= 0.6 is 23.5 Å². The van der Waals surface area contributed by atoms with Crippen molar-refractivity contribution < 1.29 is 4.79 Å². The van der Waals surface area contributed by atoms with Gasteiger partial charge in [0.05, 0.1) is 17.5 Å². The summed E-state index contributed by atoms with van der Waals surface area (Å²) in [6.07, 6.45) is 0. The van der Waals surface area contributed by atoms with Crippen LogP contribution in [0.15, 0.2) is 0 Å². The third kappa shape index (κ3) is 1.26. The number of halogens is 1. The quantitative estimate of drug-likeness (QED) is 0.477. The molecule has 2 fully saturated rings. The maximum Gasteiger partial charge on any atom is 0.315 e. The Morgan fingerprint density at radius 2 is 2.42 bits per heavy atom. The molecule has 2 aliphatic rings. The molecule has 0 radical (unpaired) electrons. The number of urea groups is 1. The molecule has 0 bridgehead atoms. The lowest BCUT2D eigenvalue weighted by Gasteiger charge is -2.20. The van der Waals surface area contributed by atoms with Crippen molar-refractivity contribution in [1.29, 1.82) is 0 Å². The molecule has 4 nitrogen and oxygen atoms in total. The molecule has 2 heterocycles. The molecule has 2 rings (SSSR count). The standard InChI is InChI=1S/C6H10ClN3OS/c1-10(7)5-4-3(2-12-5)8-6(11)9-4/h3-5H,2H2,1H3,(H2,8,9,11). The van der Waals surface area contributed by atoms with E-state index in [0.717, 1.165) is 5.75 Å². The number of hydrogen-bond acceptors (Lipinski definition) is 3. The number of likely N-dealkylation sites (N-methyl/N-ethyl adjacent to an activating group) is 1. The van der Waals surface area contributed by atoms with E-state index in [1.807, 2.05) is 7.05 Å². The molecule has 0 aromatic heterocycles. The maximum atomic E-state index is 10.9. The Morgan fingerprint density at radius 3 is 3.08 bits per heavy atom. The van der Waals surface area contributed by atoms with Crippen LogP contribution in [0.2, 0.25) is 0 Å². The van der Waals surface area contributed by atoms with Gasteiger partial charge in [-0.25, -0.2) is 9.21 Å². The molecule has 2 amide bonds. The second kappa shape index (κ2) is 2.97. The highest BCUT2D eigenvalue weighted by atomic mass is 35.5. The van der Waals surface area contributed by atoms with E-state index in [1.165, 1.54) is 0 Å². The zero-order valence-electron chi connectivity index (χ0n) is 6.58. The molecule has 12 heavy (non-hydrogen) atoms. The van der Waals surface area contributed by atoms with E-state index >= 15 is 0 Å². The molecule has 6 heteroatoms. The van der Waals surface area contributed by atoms with Crippen molar-refractivity contribution in [2.45, 2.75) is 17.5 Å². The summed E-state index contributed by atoms with van der Waals surface area (Å²) >= 11 is 7.59. The average Bonchev–Trinajstić information content (AvgIpc) is 2.43. The van der Waals surface area contributed by atoms with Crippen LogP contribution in [0.1, 0.15) is 0 Å². The summed E-state index contributed by atoms with van der Waals surface area (Å²) in [5.41, 5.74) is 0. The summed E-state index contributed by atoms with van der Waals surface area (Å²) in [6.45, 7) is 0. The highest BCUT2D eigenvalue weighted by molar-refractivity contribution is 8.00. The predicted molar refractivity (Wildman–Crippen MR) is 49.1 cm³/mol. The topological polar surface area (TPSA) is 44.4 Å². The first-order valence-electron chi connectivity index (χ1n) is 3.76. The van der Waals surface area contributed by atoms with Crippen molar-refractivity contribution in [2.75, 3.05) is 12.8 Å². The summed E-state index contributed by atoms with van der Waals surface area (Å²) in [4.78, 5) is 10.9. The van der Waals surface area contributed by atoms with Gasteiger partial charge in [0.2, 0.25) is 0 Å². The van der Waals surface area contributed by atoms with Gasteiger partial charge in [0.25, 0.3) is 0 Å². The Bertz CT molecular complexity index is 213. The predicted octanol–water partition coefficient (Wildman–Crippen LogP) is 0.195. The molecule has 0 spiro atoms. The minimum Gasteiger partial charge on any atom is -0.332 e. The van der Waals surface area contributed by atoms with Gasteiger partial charge in [0, 0.05) is 12.8 Å². The fourth-order valence-corrected chi connectivity index (χ4v) is 3.25. The molecule has 68 valence electrons. The molecule has 2 aliphatic heterocycles. The molecule has 2 saturated heterocycles. The van der Waals surface area contributed by atoms with Crippen LogP contribution in [0.5, 0.6) is 0 Å². The van der Waals surface area contributed by atoms with E-state index in [1.54, 1.807) is 16.2 Å². The number of nitrogens with zero attached hydrogens (tertiary/aromatic N) is 1. The summed E-state index contributed by atoms with van der Waals surface area (Å²) in [7, 11) is 1.81. The van der Waals surface area contributed by atoms with Gasteiger partial charge < -0.3 is 10.6 Å². The number of hydrogen-bond donors (Lipinski definition) is 2. The lowest BCUT2D eigenvalue weighted by molar-refractivity contribution is 0.246. The lowest BCUT2D eigenvalue weighted by atomic mass is 10.2. The van der Waals surface area contributed by atoms with E-state index in [4.69, 9.17) is 11.8 Å². The Morgan fingerprint density at radius 1 is 1.67 bits per heavy atom. The first-order valence-corrected chi connectivity index (χ1v) is 5.14. The molecule has 0 aliphatic carbocycles. The van der Waals surface area contributed by atoms with Gasteiger partial charge in [0.15, 0.2) is 0 Å². The fourth-order valence-electron chi connectivity index (χ4n) is 1.60. The first-order chi connectivity index (χ1) is 5.68. The van der Waals surface area contributed by atoms with Gasteiger partial charge >= 0.3 is 6.03 Å². The second-order valence-electron chi connectivity index (χ2n) is 3.00. The average molecular weight is 208 g/mol. The zero-order valence-corrected chi connectivity index (χ0v) is 8.15. The molecule has 0 aromatic rings. The van der Waals surface area contributed by atoms with E-state index in [2.05, 4.69) is 10.6 Å². The number of fused-ring (bicyclic) bond motifs is 1. The van der Waals surface area contributed by atoms with Crippen LogP contribution in [0.3, 0.4) is 0 Å². The SMILES string of the molecule is CN(Cl)C1SCC2NC(=O)NC21. The third-order valence-corrected chi connectivity index (χ3v) is 3.98. The van der Waals surface area contributed by atoms with E-state index < -0.39 is 0 Å². The van der Waals surface area contributed by atoms with Crippen molar-refractivity contribution in [1.82, 2.24) is 15.1 Å². The molecule has 2 N–H and O–H groups in total. The van der Waals surface area contributed by atoms with Crippen LogP contribution in [0.25, 0.3) is 0 Å². The molecular weight excluding hydrogens is 198 g/mol. The zero-order chi connectivity index (χ0) is 8.72.